The summed E-state index contributed by atoms with van der Waals surface area (Å²) in [5.41, 5.74) is 1.04. The molecule has 0 spiro atoms. The van der Waals surface area contributed by atoms with E-state index < -0.39 is 0 Å². The summed E-state index contributed by atoms with van der Waals surface area (Å²) >= 11 is 0. The molecule has 0 aromatic heterocycles. The van der Waals surface area contributed by atoms with Gasteiger partial charge in [-0.15, -0.1) is 0 Å². The number of carbonyl (C=O) groups is 1. The first-order valence-electron chi connectivity index (χ1n) is 8.35. The Bertz CT molecular complexity index is 496. The second-order valence-electron chi connectivity index (χ2n) is 6.28. The maximum Gasteiger partial charge on any atom is 0.227 e. The maximum atomic E-state index is 12.4. The van der Waals surface area contributed by atoms with Gasteiger partial charge < -0.3 is 14.4 Å². The molecule has 3 rings (SSSR count). The summed E-state index contributed by atoms with van der Waals surface area (Å²) in [6.45, 7) is 5.08. The van der Waals surface area contributed by atoms with Crippen LogP contribution in [-0.4, -0.2) is 43.2 Å². The van der Waals surface area contributed by atoms with Crippen LogP contribution in [0, 0.1) is 5.92 Å². The second-order valence-corrected chi connectivity index (χ2v) is 6.28. The summed E-state index contributed by atoms with van der Waals surface area (Å²) in [7, 11) is 0. The van der Waals surface area contributed by atoms with E-state index in [0.29, 0.717) is 13.0 Å². The highest BCUT2D eigenvalue weighted by atomic mass is 16.5. The summed E-state index contributed by atoms with van der Waals surface area (Å²) in [6.07, 6.45) is 4.30. The topological polar surface area (TPSA) is 38.8 Å². The lowest BCUT2D eigenvalue weighted by molar-refractivity contribution is -0.130. The summed E-state index contributed by atoms with van der Waals surface area (Å²) in [6, 6.07) is 7.80. The third kappa shape index (κ3) is 4.23. The smallest absolute Gasteiger partial charge is 0.227 e. The number of hydrogen-bond donors (Lipinski definition) is 0. The summed E-state index contributed by atoms with van der Waals surface area (Å²) in [5, 5.41) is 0. The molecule has 1 unspecified atom stereocenters. The molecule has 4 heteroatoms. The average molecular weight is 303 g/mol. The SMILES string of the molecule is CCOc1ccc(CC(=O)N2CCC(OCC3CC3)C2)cc1. The van der Waals surface area contributed by atoms with Crippen molar-refractivity contribution in [1.29, 1.82) is 0 Å². The molecule has 1 saturated carbocycles. The Hall–Kier alpha value is -1.55. The van der Waals surface area contributed by atoms with E-state index in [2.05, 4.69) is 0 Å². The molecule has 1 amide bonds. The number of amides is 1. The van der Waals surface area contributed by atoms with Crippen LogP contribution in [0.25, 0.3) is 0 Å². The normalized spacial score (nSPS) is 21.1. The van der Waals surface area contributed by atoms with Crippen molar-refractivity contribution in [3.05, 3.63) is 29.8 Å². The maximum absolute atomic E-state index is 12.4. The lowest BCUT2D eigenvalue weighted by Crippen LogP contribution is -2.31. The molecule has 1 aromatic rings. The minimum absolute atomic E-state index is 0.196. The van der Waals surface area contributed by atoms with E-state index >= 15 is 0 Å². The molecule has 0 bridgehead atoms. The lowest BCUT2D eigenvalue weighted by Gasteiger charge is -2.17. The molecule has 1 aromatic carbocycles. The second kappa shape index (κ2) is 7.14. The minimum Gasteiger partial charge on any atom is -0.494 e. The molecule has 1 heterocycles. The Morgan fingerprint density at radius 2 is 2.00 bits per heavy atom. The first-order chi connectivity index (χ1) is 10.7. The Morgan fingerprint density at radius 3 is 2.68 bits per heavy atom. The Balaban J connectivity index is 1.45. The first-order valence-corrected chi connectivity index (χ1v) is 8.35. The molecule has 2 aliphatic rings. The van der Waals surface area contributed by atoms with Gasteiger partial charge in [-0.2, -0.15) is 0 Å². The van der Waals surface area contributed by atoms with E-state index in [4.69, 9.17) is 9.47 Å². The molecule has 2 fully saturated rings. The molecule has 1 atom stereocenters. The van der Waals surface area contributed by atoms with E-state index in [9.17, 15) is 4.79 Å². The highest BCUT2D eigenvalue weighted by Gasteiger charge is 2.29. The zero-order valence-corrected chi connectivity index (χ0v) is 13.3. The van der Waals surface area contributed by atoms with Crippen molar-refractivity contribution in [2.45, 2.75) is 38.7 Å². The molecule has 4 nitrogen and oxygen atoms in total. The monoisotopic (exact) mass is 303 g/mol. The Labute approximate surface area is 132 Å². The van der Waals surface area contributed by atoms with Crippen LogP contribution in [-0.2, 0) is 16.0 Å². The van der Waals surface area contributed by atoms with E-state index in [0.717, 1.165) is 43.3 Å². The van der Waals surface area contributed by atoms with Gasteiger partial charge in [0.25, 0.3) is 0 Å². The third-order valence-corrected chi connectivity index (χ3v) is 4.35. The van der Waals surface area contributed by atoms with Crippen molar-refractivity contribution < 1.29 is 14.3 Å². The summed E-state index contributed by atoms with van der Waals surface area (Å²) in [5.74, 6) is 1.84. The van der Waals surface area contributed by atoms with E-state index in [1.54, 1.807) is 0 Å². The molecule has 1 saturated heterocycles. The van der Waals surface area contributed by atoms with Gasteiger partial charge in [-0.25, -0.2) is 0 Å². The van der Waals surface area contributed by atoms with Crippen molar-refractivity contribution in [1.82, 2.24) is 4.90 Å². The number of carbonyl (C=O) groups excluding carboxylic acids is 1. The molecule has 0 N–H and O–H groups in total. The Kier molecular flexibility index (Phi) is 4.98. The van der Waals surface area contributed by atoms with Crippen molar-refractivity contribution in [3.63, 3.8) is 0 Å². The van der Waals surface area contributed by atoms with Crippen LogP contribution in [0.3, 0.4) is 0 Å². The fourth-order valence-electron chi connectivity index (χ4n) is 2.80. The van der Waals surface area contributed by atoms with Crippen LogP contribution in [0.15, 0.2) is 24.3 Å². The van der Waals surface area contributed by atoms with Gasteiger partial charge in [-0.1, -0.05) is 12.1 Å². The fourth-order valence-corrected chi connectivity index (χ4v) is 2.80. The van der Waals surface area contributed by atoms with E-state index in [1.807, 2.05) is 36.1 Å². The third-order valence-electron chi connectivity index (χ3n) is 4.35. The van der Waals surface area contributed by atoms with Crippen LogP contribution >= 0.6 is 0 Å². The van der Waals surface area contributed by atoms with Gasteiger partial charge in [0.2, 0.25) is 5.91 Å². The minimum atomic E-state index is 0.196. The number of ether oxygens (including phenoxy) is 2. The zero-order valence-electron chi connectivity index (χ0n) is 13.3. The number of rotatable bonds is 7. The summed E-state index contributed by atoms with van der Waals surface area (Å²) in [4.78, 5) is 14.3. The van der Waals surface area contributed by atoms with Gasteiger partial charge in [-0.3, -0.25) is 4.79 Å². The van der Waals surface area contributed by atoms with Crippen molar-refractivity contribution in [2.75, 3.05) is 26.3 Å². The van der Waals surface area contributed by atoms with Crippen molar-refractivity contribution in [2.24, 2.45) is 5.92 Å². The molecule has 1 aliphatic carbocycles. The van der Waals surface area contributed by atoms with Gasteiger partial charge in [0.05, 0.1) is 19.1 Å². The average Bonchev–Trinajstić information content (AvgIpc) is 3.23. The summed E-state index contributed by atoms with van der Waals surface area (Å²) < 4.78 is 11.3. The van der Waals surface area contributed by atoms with Gasteiger partial charge in [0.1, 0.15) is 5.75 Å². The predicted octanol–water partition coefficient (Wildman–Crippen LogP) is 2.66. The van der Waals surface area contributed by atoms with Crippen LogP contribution in [0.5, 0.6) is 5.75 Å². The first kappa shape index (κ1) is 15.3. The van der Waals surface area contributed by atoms with Crippen molar-refractivity contribution in [3.8, 4) is 5.75 Å². The van der Waals surface area contributed by atoms with E-state index in [1.165, 1.54) is 12.8 Å². The number of benzene rings is 1. The van der Waals surface area contributed by atoms with Crippen LogP contribution in [0.2, 0.25) is 0 Å². The van der Waals surface area contributed by atoms with Crippen molar-refractivity contribution >= 4 is 5.91 Å². The van der Waals surface area contributed by atoms with Gasteiger partial charge in [0, 0.05) is 19.7 Å². The van der Waals surface area contributed by atoms with Crippen LogP contribution in [0.1, 0.15) is 31.7 Å². The lowest BCUT2D eigenvalue weighted by atomic mass is 10.1. The fraction of sp³-hybridized carbons (Fsp3) is 0.611. The van der Waals surface area contributed by atoms with Gasteiger partial charge in [0.15, 0.2) is 0 Å². The van der Waals surface area contributed by atoms with Crippen LogP contribution < -0.4 is 4.74 Å². The molecule has 120 valence electrons. The highest BCUT2D eigenvalue weighted by Crippen LogP contribution is 2.30. The number of likely N-dealkylation sites (tertiary alicyclic amines) is 1. The Morgan fingerprint density at radius 1 is 1.23 bits per heavy atom. The molecular formula is C18H25NO3. The largest absolute Gasteiger partial charge is 0.494 e. The predicted molar refractivity (Wildman–Crippen MR) is 85.0 cm³/mol. The van der Waals surface area contributed by atoms with Gasteiger partial charge in [-0.05, 0) is 49.8 Å². The number of hydrogen-bond acceptors (Lipinski definition) is 3. The highest BCUT2D eigenvalue weighted by molar-refractivity contribution is 5.79. The molecule has 22 heavy (non-hydrogen) atoms. The molecule has 0 radical (unpaired) electrons. The molecule has 1 aliphatic heterocycles. The van der Waals surface area contributed by atoms with Gasteiger partial charge >= 0.3 is 0 Å². The zero-order chi connectivity index (χ0) is 15.4. The standard InChI is InChI=1S/C18H25NO3/c1-2-21-16-7-5-14(6-8-16)11-18(20)19-10-9-17(12-19)22-13-15-3-4-15/h5-8,15,17H,2-4,9-13H2,1H3. The molecular weight excluding hydrogens is 278 g/mol. The quantitative estimate of drug-likeness (QED) is 0.777. The van der Waals surface area contributed by atoms with E-state index in [-0.39, 0.29) is 12.0 Å². The number of nitrogens with zero attached hydrogens (tertiary/aromatic N) is 1. The van der Waals surface area contributed by atoms with Crippen LogP contribution in [0.4, 0.5) is 0 Å².